The number of alkyl halides is 3. The summed E-state index contributed by atoms with van der Waals surface area (Å²) in [5, 5.41) is 3.08. The number of aryl methyl sites for hydroxylation is 1. The van der Waals surface area contributed by atoms with Gasteiger partial charge in [-0.3, -0.25) is 4.79 Å². The zero-order chi connectivity index (χ0) is 14.5. The number of aromatic amines is 1. The Labute approximate surface area is 113 Å². The number of hydrogen-bond donors (Lipinski definition) is 2. The fourth-order valence-electron chi connectivity index (χ4n) is 2.76. The van der Waals surface area contributed by atoms with Crippen LogP contribution in [0, 0.1) is 6.92 Å². The van der Waals surface area contributed by atoms with Crippen molar-refractivity contribution in [2.24, 2.45) is 0 Å². The first-order valence-corrected chi connectivity index (χ1v) is 6.32. The zero-order valence-corrected chi connectivity index (χ0v) is 10.8. The summed E-state index contributed by atoms with van der Waals surface area (Å²) < 4.78 is 36.7. The Morgan fingerprint density at radius 3 is 2.80 bits per heavy atom. The maximum atomic E-state index is 12.2. The minimum Gasteiger partial charge on any atom is -0.358 e. The van der Waals surface area contributed by atoms with E-state index >= 15 is 0 Å². The number of hydrogen-bond acceptors (Lipinski definition) is 1. The van der Waals surface area contributed by atoms with Gasteiger partial charge in [0, 0.05) is 29.1 Å². The van der Waals surface area contributed by atoms with Crippen molar-refractivity contribution in [3.05, 3.63) is 35.0 Å². The van der Waals surface area contributed by atoms with E-state index in [1.165, 1.54) is 0 Å². The van der Waals surface area contributed by atoms with E-state index < -0.39 is 18.1 Å². The molecular weight excluding hydrogens is 269 g/mol. The lowest BCUT2D eigenvalue weighted by atomic mass is 10.1. The summed E-state index contributed by atoms with van der Waals surface area (Å²) in [7, 11) is 0. The van der Waals surface area contributed by atoms with Crippen molar-refractivity contribution in [1.82, 2.24) is 10.3 Å². The van der Waals surface area contributed by atoms with Crippen LogP contribution in [0.25, 0.3) is 10.9 Å². The highest BCUT2D eigenvalue weighted by molar-refractivity contribution is 5.87. The van der Waals surface area contributed by atoms with E-state index in [4.69, 9.17) is 0 Å². The number of halogens is 3. The van der Waals surface area contributed by atoms with Crippen LogP contribution in [0.1, 0.15) is 16.8 Å². The molecule has 0 aliphatic heterocycles. The number of nitrogens with one attached hydrogen (secondary N) is 2. The molecule has 106 valence electrons. The van der Waals surface area contributed by atoms with Crippen LogP contribution in [0.3, 0.4) is 0 Å². The molecule has 1 aliphatic rings. The number of carbonyl (C=O) groups excluding carboxylic acids is 1. The molecule has 1 unspecified atom stereocenters. The third-order valence-electron chi connectivity index (χ3n) is 3.64. The highest BCUT2D eigenvalue weighted by Gasteiger charge is 2.40. The van der Waals surface area contributed by atoms with Crippen molar-refractivity contribution in [3.63, 3.8) is 0 Å². The number of amides is 1. The number of fused-ring (bicyclic) bond motifs is 3. The van der Waals surface area contributed by atoms with E-state index in [-0.39, 0.29) is 0 Å². The maximum Gasteiger partial charge on any atom is 0.471 e. The summed E-state index contributed by atoms with van der Waals surface area (Å²) in [6.07, 6.45) is -3.99. The van der Waals surface area contributed by atoms with Gasteiger partial charge in [-0.2, -0.15) is 13.2 Å². The SMILES string of the molecule is Cc1ccc2[nH]c3c(c2c1)CC(NC(=O)C(F)(F)F)C3. The Kier molecular flexibility index (Phi) is 2.77. The number of carbonyl (C=O) groups is 1. The molecule has 1 amide bonds. The number of rotatable bonds is 1. The first-order chi connectivity index (χ1) is 9.34. The van der Waals surface area contributed by atoms with Crippen LogP contribution >= 0.6 is 0 Å². The summed E-state index contributed by atoms with van der Waals surface area (Å²) in [5.41, 5.74) is 4.01. The Bertz CT molecular complexity index is 688. The van der Waals surface area contributed by atoms with Crippen molar-refractivity contribution in [1.29, 1.82) is 0 Å². The molecule has 6 heteroatoms. The highest BCUT2D eigenvalue weighted by atomic mass is 19.4. The Hall–Kier alpha value is -1.98. The molecule has 1 atom stereocenters. The summed E-state index contributed by atoms with van der Waals surface area (Å²) in [5.74, 6) is -1.87. The largest absolute Gasteiger partial charge is 0.471 e. The maximum absolute atomic E-state index is 12.2. The van der Waals surface area contributed by atoms with E-state index in [1.807, 2.05) is 30.4 Å². The van der Waals surface area contributed by atoms with E-state index in [9.17, 15) is 18.0 Å². The van der Waals surface area contributed by atoms with Crippen LogP contribution in [0.4, 0.5) is 13.2 Å². The van der Waals surface area contributed by atoms with Gasteiger partial charge in [-0.05, 0) is 31.0 Å². The Morgan fingerprint density at radius 1 is 1.35 bits per heavy atom. The van der Waals surface area contributed by atoms with Crippen LogP contribution in [0.2, 0.25) is 0 Å². The second-order valence-corrected chi connectivity index (χ2v) is 5.21. The quantitative estimate of drug-likeness (QED) is 0.829. The first-order valence-electron chi connectivity index (χ1n) is 6.32. The Morgan fingerprint density at radius 2 is 2.10 bits per heavy atom. The van der Waals surface area contributed by atoms with Gasteiger partial charge in [0.15, 0.2) is 0 Å². The van der Waals surface area contributed by atoms with Gasteiger partial charge in [0.05, 0.1) is 0 Å². The minimum atomic E-state index is -4.82. The van der Waals surface area contributed by atoms with Gasteiger partial charge < -0.3 is 10.3 Å². The van der Waals surface area contributed by atoms with Gasteiger partial charge in [0.25, 0.3) is 0 Å². The molecule has 0 saturated carbocycles. The summed E-state index contributed by atoms with van der Waals surface area (Å²) in [6.45, 7) is 1.97. The van der Waals surface area contributed by atoms with E-state index in [1.54, 1.807) is 0 Å². The van der Waals surface area contributed by atoms with Crippen molar-refractivity contribution < 1.29 is 18.0 Å². The van der Waals surface area contributed by atoms with Crippen LogP contribution in [0.15, 0.2) is 18.2 Å². The summed E-state index contributed by atoms with van der Waals surface area (Å²) in [6, 6.07) is 5.47. The summed E-state index contributed by atoms with van der Waals surface area (Å²) in [4.78, 5) is 14.2. The normalized spacial score (nSPS) is 18.3. The van der Waals surface area contributed by atoms with Crippen LogP contribution < -0.4 is 5.32 Å². The fraction of sp³-hybridized carbons (Fsp3) is 0.357. The lowest BCUT2D eigenvalue weighted by molar-refractivity contribution is -0.174. The number of aromatic nitrogens is 1. The molecule has 1 aromatic carbocycles. The average Bonchev–Trinajstić information content (AvgIpc) is 2.85. The van der Waals surface area contributed by atoms with Gasteiger partial charge >= 0.3 is 12.1 Å². The van der Waals surface area contributed by atoms with Gasteiger partial charge in [0.2, 0.25) is 0 Å². The standard InChI is InChI=1S/C14H13F3N2O/c1-7-2-3-11-9(4-7)10-5-8(6-12(10)19-11)18-13(20)14(15,16)17/h2-4,8,19H,5-6H2,1H3,(H,18,20). The second kappa shape index (κ2) is 4.26. The van der Waals surface area contributed by atoms with Gasteiger partial charge in [-0.1, -0.05) is 11.6 Å². The molecule has 0 fully saturated rings. The van der Waals surface area contributed by atoms with Crippen LogP contribution in [-0.4, -0.2) is 23.1 Å². The monoisotopic (exact) mass is 282 g/mol. The molecule has 1 aliphatic carbocycles. The average molecular weight is 282 g/mol. The van der Waals surface area contributed by atoms with E-state index in [2.05, 4.69) is 4.98 Å². The zero-order valence-electron chi connectivity index (χ0n) is 10.8. The molecule has 0 spiro atoms. The van der Waals surface area contributed by atoms with Gasteiger partial charge in [-0.25, -0.2) is 0 Å². The fourth-order valence-corrected chi connectivity index (χ4v) is 2.76. The smallest absolute Gasteiger partial charge is 0.358 e. The van der Waals surface area contributed by atoms with Crippen molar-refractivity contribution in [2.75, 3.05) is 0 Å². The molecule has 0 radical (unpaired) electrons. The topological polar surface area (TPSA) is 44.9 Å². The second-order valence-electron chi connectivity index (χ2n) is 5.21. The highest BCUT2D eigenvalue weighted by Crippen LogP contribution is 2.31. The van der Waals surface area contributed by atoms with Crippen molar-refractivity contribution in [2.45, 2.75) is 32.0 Å². The van der Waals surface area contributed by atoms with Crippen molar-refractivity contribution in [3.8, 4) is 0 Å². The van der Waals surface area contributed by atoms with Crippen molar-refractivity contribution >= 4 is 16.8 Å². The molecule has 2 N–H and O–H groups in total. The number of benzene rings is 1. The van der Waals surface area contributed by atoms with Crippen LogP contribution in [0.5, 0.6) is 0 Å². The minimum absolute atomic E-state index is 0.408. The molecular formula is C14H13F3N2O. The predicted molar refractivity (Wildman–Crippen MR) is 68.4 cm³/mol. The number of H-pyrrole nitrogens is 1. The third kappa shape index (κ3) is 2.15. The predicted octanol–water partition coefficient (Wildman–Crippen LogP) is 2.62. The summed E-state index contributed by atoms with van der Waals surface area (Å²) >= 11 is 0. The Balaban J connectivity index is 1.83. The lowest BCUT2D eigenvalue weighted by Gasteiger charge is -2.13. The van der Waals surface area contributed by atoms with Gasteiger partial charge in [0.1, 0.15) is 0 Å². The lowest BCUT2D eigenvalue weighted by Crippen LogP contribution is -2.43. The molecule has 20 heavy (non-hydrogen) atoms. The molecule has 1 heterocycles. The molecule has 1 aromatic heterocycles. The van der Waals surface area contributed by atoms with E-state index in [0.717, 1.165) is 27.7 Å². The van der Waals surface area contributed by atoms with E-state index in [0.29, 0.717) is 12.8 Å². The molecule has 2 aromatic rings. The molecule has 0 bridgehead atoms. The van der Waals surface area contributed by atoms with Crippen LogP contribution in [-0.2, 0) is 17.6 Å². The molecule has 3 nitrogen and oxygen atoms in total. The molecule has 3 rings (SSSR count). The molecule has 0 saturated heterocycles. The first kappa shape index (κ1) is 13.0. The third-order valence-corrected chi connectivity index (χ3v) is 3.64. The van der Waals surface area contributed by atoms with Gasteiger partial charge in [-0.15, -0.1) is 0 Å².